The maximum absolute atomic E-state index is 12.3. The molecule has 1 amide bonds. The van der Waals surface area contributed by atoms with Gasteiger partial charge in [-0.25, -0.2) is 4.98 Å². The number of rotatable bonds is 7. The first-order valence-electron chi connectivity index (χ1n) is 9.81. The third-order valence-electron chi connectivity index (χ3n) is 5.18. The molecule has 0 unspecified atom stereocenters. The van der Waals surface area contributed by atoms with Crippen LogP contribution in [0.25, 0.3) is 10.6 Å². The second kappa shape index (κ2) is 9.44. The first kappa shape index (κ1) is 20.0. The number of likely N-dealkylation sites (N-methyl/N-ethyl adjacent to an activating group) is 2. The lowest BCUT2D eigenvalue weighted by Crippen LogP contribution is -2.43. The van der Waals surface area contributed by atoms with Crippen molar-refractivity contribution in [3.8, 4) is 10.6 Å². The molecular formula is C21H30N4OS. The number of carbonyl (C=O) groups excluding carboxylic acids is 1. The van der Waals surface area contributed by atoms with Gasteiger partial charge in [0.1, 0.15) is 5.01 Å². The topological polar surface area (TPSA) is 39.7 Å². The van der Waals surface area contributed by atoms with Gasteiger partial charge >= 0.3 is 0 Å². The monoisotopic (exact) mass is 386 g/mol. The number of thiazole rings is 1. The fraction of sp³-hybridized carbons (Fsp3) is 0.524. The summed E-state index contributed by atoms with van der Waals surface area (Å²) in [4.78, 5) is 23.8. The quantitative estimate of drug-likeness (QED) is 0.733. The summed E-state index contributed by atoms with van der Waals surface area (Å²) in [5.74, 6) is 0.153. The molecule has 146 valence electrons. The van der Waals surface area contributed by atoms with Crippen LogP contribution in [-0.4, -0.2) is 71.9 Å². The molecule has 1 aliphatic rings. The van der Waals surface area contributed by atoms with Gasteiger partial charge in [-0.15, -0.1) is 11.3 Å². The zero-order chi connectivity index (χ0) is 19.2. The van der Waals surface area contributed by atoms with Crippen LogP contribution in [0.2, 0.25) is 0 Å². The Morgan fingerprint density at radius 2 is 1.93 bits per heavy atom. The number of benzene rings is 1. The third-order valence-corrected chi connectivity index (χ3v) is 6.12. The van der Waals surface area contributed by atoms with Crippen molar-refractivity contribution in [3.63, 3.8) is 0 Å². The number of piperazine rings is 1. The summed E-state index contributed by atoms with van der Waals surface area (Å²) in [7, 11) is 2.18. The third kappa shape index (κ3) is 5.37. The molecule has 0 bridgehead atoms. The second-order valence-corrected chi connectivity index (χ2v) is 8.02. The summed E-state index contributed by atoms with van der Waals surface area (Å²) in [6.45, 7) is 11.0. The van der Waals surface area contributed by atoms with E-state index in [1.54, 1.807) is 11.3 Å². The zero-order valence-electron chi connectivity index (χ0n) is 16.6. The lowest BCUT2D eigenvalue weighted by atomic mass is 10.1. The van der Waals surface area contributed by atoms with Crippen molar-refractivity contribution < 1.29 is 4.79 Å². The van der Waals surface area contributed by atoms with Crippen LogP contribution >= 0.6 is 11.3 Å². The number of aromatic nitrogens is 1. The van der Waals surface area contributed by atoms with Crippen molar-refractivity contribution in [2.75, 3.05) is 46.3 Å². The van der Waals surface area contributed by atoms with Crippen molar-refractivity contribution in [2.45, 2.75) is 26.8 Å². The number of carbonyl (C=O) groups is 1. The van der Waals surface area contributed by atoms with Gasteiger partial charge in [0.15, 0.2) is 0 Å². The molecule has 0 radical (unpaired) electrons. The van der Waals surface area contributed by atoms with Crippen LogP contribution in [0.4, 0.5) is 0 Å². The lowest BCUT2D eigenvalue weighted by molar-refractivity contribution is -0.130. The molecule has 5 nitrogen and oxygen atoms in total. The molecular weight excluding hydrogens is 356 g/mol. The summed E-state index contributed by atoms with van der Waals surface area (Å²) in [5, 5.41) is 3.02. The molecule has 1 aliphatic heterocycles. The van der Waals surface area contributed by atoms with E-state index in [1.807, 2.05) is 24.1 Å². The van der Waals surface area contributed by atoms with Gasteiger partial charge in [-0.1, -0.05) is 18.2 Å². The van der Waals surface area contributed by atoms with Crippen LogP contribution in [0.15, 0.2) is 29.6 Å². The van der Waals surface area contributed by atoms with E-state index < -0.39 is 0 Å². The van der Waals surface area contributed by atoms with Crippen LogP contribution in [0.1, 0.15) is 25.1 Å². The molecule has 1 aromatic heterocycles. The minimum Gasteiger partial charge on any atom is -0.343 e. The minimum atomic E-state index is 0.153. The van der Waals surface area contributed by atoms with E-state index in [0.29, 0.717) is 6.42 Å². The summed E-state index contributed by atoms with van der Waals surface area (Å²) in [6.07, 6.45) is 0.388. The van der Waals surface area contributed by atoms with Crippen LogP contribution < -0.4 is 0 Å². The van der Waals surface area contributed by atoms with Crippen molar-refractivity contribution in [1.29, 1.82) is 0 Å². The molecule has 27 heavy (non-hydrogen) atoms. The Bertz CT molecular complexity index is 748. The molecule has 1 saturated heterocycles. The van der Waals surface area contributed by atoms with E-state index in [1.165, 1.54) is 5.56 Å². The van der Waals surface area contributed by atoms with Gasteiger partial charge in [-0.3, -0.25) is 9.69 Å². The minimum absolute atomic E-state index is 0.153. The highest BCUT2D eigenvalue weighted by Gasteiger charge is 2.15. The predicted molar refractivity (Wildman–Crippen MR) is 112 cm³/mol. The van der Waals surface area contributed by atoms with Gasteiger partial charge < -0.3 is 9.80 Å². The highest BCUT2D eigenvalue weighted by atomic mass is 32.1. The summed E-state index contributed by atoms with van der Waals surface area (Å²) < 4.78 is 0. The Hall–Kier alpha value is -1.76. The average Bonchev–Trinajstić information content (AvgIpc) is 3.13. The Labute approximate surface area is 166 Å². The maximum Gasteiger partial charge on any atom is 0.228 e. The van der Waals surface area contributed by atoms with E-state index in [4.69, 9.17) is 4.98 Å². The number of hydrogen-bond acceptors (Lipinski definition) is 5. The molecule has 1 aromatic carbocycles. The highest BCUT2D eigenvalue weighted by Crippen LogP contribution is 2.25. The maximum atomic E-state index is 12.3. The fourth-order valence-electron chi connectivity index (χ4n) is 3.43. The van der Waals surface area contributed by atoms with Crippen molar-refractivity contribution in [3.05, 3.63) is 40.9 Å². The Morgan fingerprint density at radius 1 is 1.19 bits per heavy atom. The van der Waals surface area contributed by atoms with Crippen LogP contribution in [0.5, 0.6) is 0 Å². The second-order valence-electron chi connectivity index (χ2n) is 7.17. The molecule has 6 heteroatoms. The largest absolute Gasteiger partial charge is 0.343 e. The smallest absolute Gasteiger partial charge is 0.228 e. The van der Waals surface area contributed by atoms with E-state index in [9.17, 15) is 4.79 Å². The van der Waals surface area contributed by atoms with Gasteiger partial charge in [0.05, 0.1) is 12.1 Å². The highest BCUT2D eigenvalue weighted by molar-refractivity contribution is 7.13. The molecule has 1 fully saturated rings. The van der Waals surface area contributed by atoms with Gasteiger partial charge in [0, 0.05) is 56.8 Å². The first-order valence-corrected chi connectivity index (χ1v) is 10.7. The zero-order valence-corrected chi connectivity index (χ0v) is 17.5. The van der Waals surface area contributed by atoms with Crippen LogP contribution in [-0.2, 0) is 17.8 Å². The molecule has 0 spiro atoms. The molecule has 0 aliphatic carbocycles. The van der Waals surface area contributed by atoms with Crippen molar-refractivity contribution in [2.24, 2.45) is 0 Å². The number of nitrogens with zero attached hydrogens (tertiary/aromatic N) is 4. The Kier molecular flexibility index (Phi) is 6.99. The summed E-state index contributed by atoms with van der Waals surface area (Å²) in [5.41, 5.74) is 3.34. The Morgan fingerprint density at radius 3 is 2.63 bits per heavy atom. The van der Waals surface area contributed by atoms with Gasteiger partial charge in [0.25, 0.3) is 0 Å². The number of amides is 1. The van der Waals surface area contributed by atoms with Crippen LogP contribution in [0, 0.1) is 0 Å². The van der Waals surface area contributed by atoms with Gasteiger partial charge in [0.2, 0.25) is 5.91 Å². The van der Waals surface area contributed by atoms with Gasteiger partial charge in [-0.2, -0.15) is 0 Å². The molecule has 0 N–H and O–H groups in total. The fourth-order valence-corrected chi connectivity index (χ4v) is 4.25. The van der Waals surface area contributed by atoms with E-state index in [0.717, 1.165) is 62.1 Å². The molecule has 3 rings (SSSR count). The molecule has 2 heterocycles. The SMILES string of the molecule is CCN(CC)C(=O)Cc1csc(-c2cccc(CN3CCN(C)CC3)c2)n1. The lowest BCUT2D eigenvalue weighted by Gasteiger charge is -2.32. The predicted octanol–water partition coefficient (Wildman–Crippen LogP) is 2.97. The first-order chi connectivity index (χ1) is 13.1. The number of hydrogen-bond donors (Lipinski definition) is 0. The van der Waals surface area contributed by atoms with Crippen LogP contribution in [0.3, 0.4) is 0 Å². The molecule has 2 aromatic rings. The van der Waals surface area contributed by atoms with E-state index in [2.05, 4.69) is 41.1 Å². The summed E-state index contributed by atoms with van der Waals surface area (Å²) in [6, 6.07) is 8.67. The molecule has 0 saturated carbocycles. The Balaban J connectivity index is 1.65. The summed E-state index contributed by atoms with van der Waals surface area (Å²) >= 11 is 1.62. The standard InChI is InChI=1S/C21H30N4OS/c1-4-25(5-2)20(26)14-19-16-27-21(22-19)18-8-6-7-17(13-18)15-24-11-9-23(3)10-12-24/h6-8,13,16H,4-5,9-12,14-15H2,1-3H3. The molecule has 0 atom stereocenters. The average molecular weight is 387 g/mol. The van der Waals surface area contributed by atoms with Crippen molar-refractivity contribution >= 4 is 17.2 Å². The normalized spacial score (nSPS) is 15.8. The van der Waals surface area contributed by atoms with E-state index >= 15 is 0 Å². The van der Waals surface area contributed by atoms with E-state index in [-0.39, 0.29) is 5.91 Å². The van der Waals surface area contributed by atoms with Crippen molar-refractivity contribution in [1.82, 2.24) is 19.7 Å². The van der Waals surface area contributed by atoms with Gasteiger partial charge in [-0.05, 0) is 32.5 Å².